The fraction of sp³-hybridized carbons (Fsp3) is 0.455. The highest BCUT2D eigenvalue weighted by Crippen LogP contribution is 2.17. The van der Waals surface area contributed by atoms with E-state index in [4.69, 9.17) is 86.3 Å². The van der Waals surface area contributed by atoms with Crippen LogP contribution in [0.2, 0.25) is 0 Å². The van der Waals surface area contributed by atoms with Crippen molar-refractivity contribution in [3.05, 3.63) is 11.1 Å². The van der Waals surface area contributed by atoms with Gasteiger partial charge in [-0.25, -0.2) is 0 Å². The van der Waals surface area contributed by atoms with E-state index >= 15 is 0 Å². The highest BCUT2D eigenvalue weighted by atomic mass is 16.3. The molecule has 2 rings (SSSR count). The quantitative estimate of drug-likeness (QED) is 0.487. The molecule has 0 aliphatic carbocycles. The molecular weight excluding hydrogens is 399 g/mol. The van der Waals surface area contributed by atoms with Gasteiger partial charge in [0.15, 0.2) is 0 Å². The van der Waals surface area contributed by atoms with Crippen molar-refractivity contribution < 1.29 is 5.11 Å². The summed E-state index contributed by atoms with van der Waals surface area (Å²) in [6, 6.07) is 0. The maximum Gasteiger partial charge on any atom is 0.113 e. The van der Waals surface area contributed by atoms with Gasteiger partial charge in [-0.3, -0.25) is 0 Å². The minimum atomic E-state index is -0.815. The number of hydrogen-bond acceptors (Lipinski definition) is 1. The lowest BCUT2D eigenvalue weighted by atomic mass is 9.56. The fourth-order valence-corrected chi connectivity index (χ4v) is 3.09. The Hall–Kier alpha value is -0.886. The van der Waals surface area contributed by atoms with Gasteiger partial charge in [-0.1, -0.05) is 63.8 Å². The summed E-state index contributed by atoms with van der Waals surface area (Å²) in [6.07, 6.45) is -0.815. The van der Waals surface area contributed by atoms with E-state index in [9.17, 15) is 5.11 Å². The molecule has 22 radical (unpaired) electrons. The van der Waals surface area contributed by atoms with Crippen molar-refractivity contribution in [2.24, 2.45) is 11.8 Å². The third-order valence-corrected chi connectivity index (χ3v) is 5.46. The van der Waals surface area contributed by atoms with Crippen LogP contribution < -0.4 is 54.6 Å². The van der Waals surface area contributed by atoms with Crippen LogP contribution in [0, 0.1) is 11.8 Å². The van der Waals surface area contributed by atoms with Gasteiger partial charge in [0.05, 0.1) is 14.0 Å². The molecule has 0 aromatic heterocycles. The molecule has 12 heteroatoms. The van der Waals surface area contributed by atoms with E-state index in [-0.39, 0.29) is 61.4 Å². The van der Waals surface area contributed by atoms with Crippen LogP contribution in [0.4, 0.5) is 0 Å². The number of rotatable bonds is 4. The second-order valence-electron chi connectivity index (χ2n) is 8.42. The van der Waals surface area contributed by atoms with Gasteiger partial charge in [0.25, 0.3) is 0 Å². The van der Waals surface area contributed by atoms with Gasteiger partial charge < -0.3 is 5.11 Å². The Morgan fingerprint density at radius 3 is 0.912 bits per heavy atom. The van der Waals surface area contributed by atoms with E-state index in [1.54, 1.807) is 0 Å². The number of aliphatic hydroxyl groups excluding tert-OH is 1. The maximum absolute atomic E-state index is 9.99. The molecular formula is C22H23B11O. The van der Waals surface area contributed by atoms with E-state index in [1.165, 1.54) is 0 Å². The Balaban J connectivity index is 0.000000597. The predicted molar refractivity (Wildman–Crippen MR) is 161 cm³/mol. The molecule has 2 aromatic rings. The summed E-state index contributed by atoms with van der Waals surface area (Å²) in [6.45, 7) is 11.6. The Labute approximate surface area is 222 Å². The van der Waals surface area contributed by atoms with Crippen molar-refractivity contribution in [3.8, 4) is 0 Å². The van der Waals surface area contributed by atoms with Crippen molar-refractivity contribution in [2.75, 3.05) is 0 Å². The molecule has 2 unspecified atom stereocenters. The van der Waals surface area contributed by atoms with Gasteiger partial charge in [0, 0.05) is 0 Å². The molecule has 2 atom stereocenters. The third kappa shape index (κ3) is 7.08. The minimum Gasteiger partial charge on any atom is -0.388 e. The van der Waals surface area contributed by atoms with Crippen LogP contribution in [0.15, 0.2) is 0 Å². The number of aliphatic hydroxyl groups is 1. The largest absolute Gasteiger partial charge is 0.388 e. The van der Waals surface area contributed by atoms with Gasteiger partial charge in [-0.05, 0) is 17.4 Å². The second-order valence-corrected chi connectivity index (χ2v) is 8.42. The van der Waals surface area contributed by atoms with Crippen molar-refractivity contribution in [1.82, 2.24) is 0 Å². The van der Waals surface area contributed by atoms with Crippen molar-refractivity contribution in [1.29, 1.82) is 0 Å². The average Bonchev–Trinajstić information content (AvgIpc) is 2.80. The SMILES string of the molecule is CC.[B]c1c([B])c([B])c(C(O)C(C)C)c([B])c1[B].[B]c1c([B])c([B])c(C([B])C(C)C)c([B])c1[B]. The van der Waals surface area contributed by atoms with Gasteiger partial charge in [0.1, 0.15) is 78.5 Å². The van der Waals surface area contributed by atoms with E-state index in [0.29, 0.717) is 22.1 Å². The third-order valence-electron chi connectivity index (χ3n) is 5.46. The molecule has 150 valence electrons. The summed E-state index contributed by atoms with van der Waals surface area (Å²) in [5, 5.41) is 9.99. The van der Waals surface area contributed by atoms with Crippen molar-refractivity contribution >= 4 is 141 Å². The molecule has 2 aromatic carbocycles. The topological polar surface area (TPSA) is 20.2 Å². The summed E-state index contributed by atoms with van der Waals surface area (Å²) >= 11 is 0. The standard InChI is InChI=1S/C10H8B6.C10H9B5O.C2H6/c1-3(2)5(11)4-6(12)8(14)10(16)9(15)7(4)13;1-3(2)10(16)4-5(11)7(13)9(15)8(14)6(4)12;1-2/h3,5H,1-2H3;3,10,16H,1-2H3;1-2H3. The predicted octanol–water partition coefficient (Wildman–Crippen LogP) is -6.11. The molecule has 34 heavy (non-hydrogen) atoms. The first kappa shape index (κ1) is 33.1. The highest BCUT2D eigenvalue weighted by Gasteiger charge is 2.19. The smallest absolute Gasteiger partial charge is 0.113 e. The molecule has 0 aliphatic rings. The Bertz CT molecular complexity index is 852. The van der Waals surface area contributed by atoms with Gasteiger partial charge >= 0.3 is 0 Å². The van der Waals surface area contributed by atoms with Crippen LogP contribution in [-0.4, -0.2) is 91.4 Å². The summed E-state index contributed by atoms with van der Waals surface area (Å²) < 4.78 is 0. The molecule has 0 saturated heterocycles. The Morgan fingerprint density at radius 2 is 0.676 bits per heavy atom. The van der Waals surface area contributed by atoms with E-state index in [2.05, 4.69) is 0 Å². The first-order chi connectivity index (χ1) is 15.6. The summed E-state index contributed by atoms with van der Waals surface area (Å²) in [4.78, 5) is 0. The van der Waals surface area contributed by atoms with Crippen LogP contribution in [0.5, 0.6) is 0 Å². The maximum atomic E-state index is 9.99. The molecule has 0 fully saturated rings. The lowest BCUT2D eigenvalue weighted by molar-refractivity contribution is 0.129. The molecule has 0 aliphatic heterocycles. The van der Waals surface area contributed by atoms with Crippen molar-refractivity contribution in [2.45, 2.75) is 53.5 Å². The van der Waals surface area contributed by atoms with Crippen molar-refractivity contribution in [3.63, 3.8) is 0 Å². The molecule has 1 N–H and O–H groups in total. The lowest BCUT2D eigenvalue weighted by Crippen LogP contribution is -2.57. The van der Waals surface area contributed by atoms with E-state index in [0.717, 1.165) is 0 Å². The summed E-state index contributed by atoms with van der Waals surface area (Å²) in [5.41, 5.74) is 3.20. The molecule has 0 amide bonds. The molecule has 0 spiro atoms. The number of benzene rings is 2. The van der Waals surface area contributed by atoms with Crippen LogP contribution in [0.1, 0.15) is 64.6 Å². The highest BCUT2D eigenvalue weighted by molar-refractivity contribution is 6.68. The van der Waals surface area contributed by atoms with Crippen LogP contribution in [0.25, 0.3) is 0 Å². The summed E-state index contributed by atoms with van der Waals surface area (Å²) in [5.74, 6) is -0.191. The normalized spacial score (nSPS) is 12.4. The molecule has 0 bridgehead atoms. The first-order valence-corrected chi connectivity index (χ1v) is 11.0. The van der Waals surface area contributed by atoms with Gasteiger partial charge in [0.2, 0.25) is 0 Å². The first-order valence-electron chi connectivity index (χ1n) is 11.0. The minimum absolute atomic E-state index is 0.0491. The monoisotopic (exact) mass is 424 g/mol. The lowest BCUT2D eigenvalue weighted by Gasteiger charge is -2.27. The van der Waals surface area contributed by atoms with E-state index in [1.807, 2.05) is 41.5 Å². The summed E-state index contributed by atoms with van der Waals surface area (Å²) in [7, 11) is 63.5. The zero-order chi connectivity index (χ0) is 27.2. The zero-order valence-electron chi connectivity index (χ0n) is 21.1. The van der Waals surface area contributed by atoms with Gasteiger partial charge in [-0.2, -0.15) is 0 Å². The van der Waals surface area contributed by atoms with Crippen LogP contribution in [-0.2, 0) is 0 Å². The van der Waals surface area contributed by atoms with Crippen LogP contribution >= 0.6 is 0 Å². The average molecular weight is 422 g/mol. The molecule has 0 heterocycles. The second kappa shape index (κ2) is 14.0. The Kier molecular flexibility index (Phi) is 13.6. The van der Waals surface area contributed by atoms with Crippen LogP contribution in [0.3, 0.4) is 0 Å². The fourth-order valence-electron chi connectivity index (χ4n) is 3.09. The Morgan fingerprint density at radius 1 is 0.441 bits per heavy atom. The van der Waals surface area contributed by atoms with E-state index < -0.39 is 6.10 Å². The number of hydrogen-bond donors (Lipinski definition) is 1. The molecule has 0 saturated carbocycles. The molecule has 1 nitrogen and oxygen atoms in total. The van der Waals surface area contributed by atoms with Gasteiger partial charge in [-0.15, -0.1) is 43.7 Å². The zero-order valence-corrected chi connectivity index (χ0v) is 21.1.